The number of rotatable bonds is 8. The highest BCUT2D eigenvalue weighted by molar-refractivity contribution is 5.86. The van der Waals surface area contributed by atoms with Crippen LogP contribution in [-0.4, -0.2) is 52.1 Å². The average molecular weight is 517 g/mol. The summed E-state index contributed by atoms with van der Waals surface area (Å²) >= 11 is 0. The van der Waals surface area contributed by atoms with Crippen molar-refractivity contribution in [3.8, 4) is 0 Å². The van der Waals surface area contributed by atoms with E-state index in [1.165, 1.54) is 12.5 Å². The van der Waals surface area contributed by atoms with Crippen molar-refractivity contribution >= 4 is 34.4 Å². The molecule has 2 aliphatic rings. The van der Waals surface area contributed by atoms with E-state index in [2.05, 4.69) is 25.3 Å². The first kappa shape index (κ1) is 25.5. The summed E-state index contributed by atoms with van der Waals surface area (Å²) in [4.78, 5) is 17.6. The normalized spacial score (nSPS) is 18.1. The molecule has 10 heteroatoms. The van der Waals surface area contributed by atoms with E-state index in [9.17, 15) is 5.11 Å². The Morgan fingerprint density at radius 2 is 2.16 bits per heavy atom. The van der Waals surface area contributed by atoms with Crippen molar-refractivity contribution in [2.24, 2.45) is 16.6 Å². The summed E-state index contributed by atoms with van der Waals surface area (Å²) < 4.78 is 27.0. The lowest BCUT2D eigenvalue weighted by atomic mass is 9.87. The second-order valence-electron chi connectivity index (χ2n) is 9.24. The van der Waals surface area contributed by atoms with Crippen LogP contribution in [0.15, 0.2) is 71.0 Å². The lowest BCUT2D eigenvalue weighted by Crippen LogP contribution is -2.21. The van der Waals surface area contributed by atoms with Gasteiger partial charge in [-0.25, -0.2) is 14.4 Å². The molecule has 2 aromatic heterocycles. The molecule has 5 rings (SSSR count). The van der Waals surface area contributed by atoms with E-state index in [0.717, 1.165) is 22.6 Å². The molecule has 0 amide bonds. The van der Waals surface area contributed by atoms with E-state index in [-0.39, 0.29) is 24.3 Å². The highest BCUT2D eigenvalue weighted by atomic mass is 19.1. The van der Waals surface area contributed by atoms with Crippen LogP contribution in [0.1, 0.15) is 25.1 Å². The SMILES string of the molecule is CC(OC1=CC(/C(C=N[C@@H](C)CO)=C/N)Cc2ncnc(Nc3ccc4ncccc4c3F)c21)=C1COC1. The minimum absolute atomic E-state index is 0.0649. The van der Waals surface area contributed by atoms with E-state index < -0.39 is 5.82 Å². The minimum atomic E-state index is -0.421. The summed E-state index contributed by atoms with van der Waals surface area (Å²) in [5.74, 6) is 1.08. The summed E-state index contributed by atoms with van der Waals surface area (Å²) in [7, 11) is 0. The molecular formula is C28H29FN6O3. The van der Waals surface area contributed by atoms with Crippen LogP contribution in [0.2, 0.25) is 0 Å². The Kier molecular flexibility index (Phi) is 7.43. The van der Waals surface area contributed by atoms with Crippen molar-refractivity contribution < 1.29 is 19.0 Å². The number of allylic oxidation sites excluding steroid dienone is 3. The summed E-state index contributed by atoms with van der Waals surface area (Å²) in [5.41, 5.74) is 9.98. The Morgan fingerprint density at radius 3 is 2.89 bits per heavy atom. The zero-order chi connectivity index (χ0) is 26.6. The van der Waals surface area contributed by atoms with Crippen LogP contribution in [0.25, 0.3) is 16.7 Å². The van der Waals surface area contributed by atoms with Crippen LogP contribution in [0.5, 0.6) is 0 Å². The third-order valence-electron chi connectivity index (χ3n) is 6.59. The van der Waals surface area contributed by atoms with E-state index in [4.69, 9.17) is 15.2 Å². The number of aliphatic imine (C=N–C) groups is 1. The van der Waals surface area contributed by atoms with Gasteiger partial charge in [-0.2, -0.15) is 0 Å². The Labute approximate surface area is 219 Å². The van der Waals surface area contributed by atoms with E-state index >= 15 is 4.39 Å². The Morgan fingerprint density at radius 1 is 1.32 bits per heavy atom. The van der Waals surface area contributed by atoms with E-state index in [0.29, 0.717) is 47.7 Å². The third-order valence-corrected chi connectivity index (χ3v) is 6.59. The molecule has 1 unspecified atom stereocenters. The third kappa shape index (κ3) is 5.13. The molecule has 9 nitrogen and oxygen atoms in total. The zero-order valence-electron chi connectivity index (χ0n) is 21.2. The molecule has 0 radical (unpaired) electrons. The van der Waals surface area contributed by atoms with Crippen molar-refractivity contribution in [1.29, 1.82) is 0 Å². The minimum Gasteiger partial charge on any atom is -0.461 e. The van der Waals surface area contributed by atoms with Crippen molar-refractivity contribution in [1.82, 2.24) is 15.0 Å². The van der Waals surface area contributed by atoms with Gasteiger partial charge >= 0.3 is 0 Å². The van der Waals surface area contributed by atoms with Crippen LogP contribution in [-0.2, 0) is 15.9 Å². The summed E-state index contributed by atoms with van der Waals surface area (Å²) in [5, 5.41) is 12.9. The molecule has 1 aromatic carbocycles. The number of fused-ring (bicyclic) bond motifs is 2. The Bertz CT molecular complexity index is 1480. The number of aromatic nitrogens is 3. The smallest absolute Gasteiger partial charge is 0.156 e. The topological polar surface area (TPSA) is 128 Å². The lowest BCUT2D eigenvalue weighted by Gasteiger charge is -2.27. The van der Waals surface area contributed by atoms with E-state index in [1.54, 1.807) is 36.7 Å². The second kappa shape index (κ2) is 11.1. The van der Waals surface area contributed by atoms with Crippen LogP contribution < -0.4 is 11.1 Å². The summed E-state index contributed by atoms with van der Waals surface area (Å²) in [6.45, 7) is 4.67. The number of hydrogen-bond acceptors (Lipinski definition) is 9. The fraction of sp³-hybridized carbons (Fsp3) is 0.286. The molecule has 1 aliphatic heterocycles. The van der Waals surface area contributed by atoms with Gasteiger partial charge in [-0.05, 0) is 56.0 Å². The number of benzene rings is 1. The van der Waals surface area contributed by atoms with Crippen molar-refractivity contribution in [3.05, 3.63) is 83.0 Å². The fourth-order valence-corrected chi connectivity index (χ4v) is 4.27. The quantitative estimate of drug-likeness (QED) is 0.302. The molecule has 196 valence electrons. The molecule has 38 heavy (non-hydrogen) atoms. The van der Waals surface area contributed by atoms with Gasteiger partial charge in [0.2, 0.25) is 0 Å². The Balaban J connectivity index is 1.55. The number of ether oxygens (including phenoxy) is 2. The van der Waals surface area contributed by atoms with Gasteiger partial charge in [0.05, 0.1) is 48.3 Å². The highest BCUT2D eigenvalue weighted by Crippen LogP contribution is 2.38. The molecule has 0 bridgehead atoms. The lowest BCUT2D eigenvalue weighted by molar-refractivity contribution is 0.0941. The predicted octanol–water partition coefficient (Wildman–Crippen LogP) is 4.04. The molecule has 0 spiro atoms. The first-order valence-electron chi connectivity index (χ1n) is 12.3. The maximum absolute atomic E-state index is 15.4. The largest absolute Gasteiger partial charge is 0.461 e. The fourth-order valence-electron chi connectivity index (χ4n) is 4.27. The number of aliphatic hydroxyl groups is 1. The number of aliphatic hydroxyl groups excluding tert-OH is 1. The molecule has 1 aliphatic carbocycles. The molecular weight excluding hydrogens is 487 g/mol. The number of halogens is 1. The van der Waals surface area contributed by atoms with Gasteiger partial charge < -0.3 is 25.6 Å². The van der Waals surface area contributed by atoms with Crippen LogP contribution in [0.4, 0.5) is 15.9 Å². The molecule has 1 saturated heterocycles. The number of hydrogen-bond donors (Lipinski definition) is 3. The van der Waals surface area contributed by atoms with Gasteiger partial charge in [0, 0.05) is 35.7 Å². The highest BCUT2D eigenvalue weighted by Gasteiger charge is 2.29. The first-order chi connectivity index (χ1) is 18.5. The molecule has 0 saturated carbocycles. The average Bonchev–Trinajstić information content (AvgIpc) is 2.89. The maximum atomic E-state index is 15.4. The number of nitrogens with two attached hydrogens (primary N) is 1. The van der Waals surface area contributed by atoms with Gasteiger partial charge in [-0.1, -0.05) is 0 Å². The molecule has 4 N–H and O–H groups in total. The molecule has 3 aromatic rings. The number of anilines is 2. The monoisotopic (exact) mass is 516 g/mol. The number of nitrogens with zero attached hydrogens (tertiary/aromatic N) is 4. The van der Waals surface area contributed by atoms with Crippen LogP contribution in [0.3, 0.4) is 0 Å². The van der Waals surface area contributed by atoms with Gasteiger partial charge in [-0.15, -0.1) is 0 Å². The summed E-state index contributed by atoms with van der Waals surface area (Å²) in [6.07, 6.45) is 8.71. The molecule has 2 atom stereocenters. The zero-order valence-corrected chi connectivity index (χ0v) is 21.2. The van der Waals surface area contributed by atoms with Crippen molar-refractivity contribution in [2.75, 3.05) is 25.1 Å². The van der Waals surface area contributed by atoms with E-state index in [1.807, 2.05) is 19.9 Å². The Hall–Kier alpha value is -4.15. The van der Waals surface area contributed by atoms with Crippen LogP contribution >= 0.6 is 0 Å². The van der Waals surface area contributed by atoms with Gasteiger partial charge in [0.25, 0.3) is 0 Å². The van der Waals surface area contributed by atoms with Gasteiger partial charge in [0.15, 0.2) is 5.82 Å². The molecule has 3 heterocycles. The standard InChI is InChI=1S/C28H29FN6O3/c1-16(12-36)32-11-19(10-30)18-8-24-26(25(9-18)38-17(2)20-13-37-14-20)28(34-15-33-24)35-23-6-5-22-21(27(23)29)4-3-7-31-22/h3-7,9-11,15-16,18,36H,8,12-14,30H2,1-2H3,(H,33,34,35)/b19-10+,32-11?/t16-,18?/m0/s1. The van der Waals surface area contributed by atoms with Crippen molar-refractivity contribution in [2.45, 2.75) is 26.3 Å². The van der Waals surface area contributed by atoms with Gasteiger partial charge in [-0.3, -0.25) is 9.98 Å². The summed E-state index contributed by atoms with van der Waals surface area (Å²) in [6, 6.07) is 6.53. The van der Waals surface area contributed by atoms with Crippen molar-refractivity contribution in [3.63, 3.8) is 0 Å². The van der Waals surface area contributed by atoms with Crippen LogP contribution in [0, 0.1) is 11.7 Å². The number of nitrogens with one attached hydrogen (secondary N) is 1. The maximum Gasteiger partial charge on any atom is 0.156 e. The van der Waals surface area contributed by atoms with Gasteiger partial charge in [0.1, 0.15) is 23.7 Å². The number of pyridine rings is 1. The second-order valence-corrected chi connectivity index (χ2v) is 9.24. The predicted molar refractivity (Wildman–Crippen MR) is 144 cm³/mol. The first-order valence-corrected chi connectivity index (χ1v) is 12.3. The molecule has 1 fully saturated rings.